The molecule has 2 heteroatoms. The smallest absolute Gasteiger partial charge is 0.0526 e. The quantitative estimate of drug-likeness (QED) is 0.654. The average Bonchev–Trinajstić information content (AvgIpc) is 2.23. The van der Waals surface area contributed by atoms with Crippen molar-refractivity contribution in [3.63, 3.8) is 0 Å². The monoisotopic (exact) mass is 215 g/mol. The number of hydrogen-bond donors (Lipinski definition) is 0. The number of nitrogens with zero attached hydrogens (tertiary/aromatic N) is 1. The Hall–Kier alpha value is 0.250. The highest BCUT2D eigenvalue weighted by atomic mass is 35.5. The largest absolute Gasteiger partial charge is 0.301 e. The summed E-state index contributed by atoms with van der Waals surface area (Å²) in [5.41, 5.74) is 0.321. The minimum atomic E-state index is 0.321. The summed E-state index contributed by atoms with van der Waals surface area (Å²) < 4.78 is 0. The van der Waals surface area contributed by atoms with Gasteiger partial charge in [-0.05, 0) is 24.3 Å². The van der Waals surface area contributed by atoms with E-state index in [-0.39, 0.29) is 0 Å². The van der Waals surface area contributed by atoms with Crippen LogP contribution >= 0.6 is 11.6 Å². The van der Waals surface area contributed by atoms with Crippen molar-refractivity contribution in [2.75, 3.05) is 19.6 Å². The summed E-state index contributed by atoms with van der Waals surface area (Å²) in [6.07, 6.45) is 5.82. The van der Waals surface area contributed by atoms with E-state index in [0.29, 0.717) is 10.8 Å². The van der Waals surface area contributed by atoms with Gasteiger partial charge in [-0.3, -0.25) is 0 Å². The Morgan fingerprint density at radius 1 is 1.36 bits per heavy atom. The fourth-order valence-corrected chi connectivity index (χ4v) is 2.79. The molecule has 0 radical (unpaired) electrons. The molecule has 1 aliphatic heterocycles. The zero-order chi connectivity index (χ0) is 10.2. The molecule has 1 heterocycles. The maximum Gasteiger partial charge on any atom is 0.0526 e. The highest BCUT2D eigenvalue weighted by Crippen LogP contribution is 2.35. The molecule has 14 heavy (non-hydrogen) atoms. The van der Waals surface area contributed by atoms with Gasteiger partial charge in [0.2, 0.25) is 0 Å². The van der Waals surface area contributed by atoms with E-state index in [2.05, 4.69) is 18.7 Å². The van der Waals surface area contributed by atoms with Gasteiger partial charge in [0.15, 0.2) is 0 Å². The van der Waals surface area contributed by atoms with E-state index in [9.17, 15) is 0 Å². The van der Waals surface area contributed by atoms with Crippen LogP contribution < -0.4 is 0 Å². The van der Waals surface area contributed by atoms with Gasteiger partial charge in [-0.2, -0.15) is 0 Å². The molecule has 2 aliphatic rings. The number of rotatable bonds is 3. The number of hydrogen-bond acceptors (Lipinski definition) is 1. The third kappa shape index (κ3) is 2.25. The highest BCUT2D eigenvalue weighted by molar-refractivity contribution is 6.21. The van der Waals surface area contributed by atoms with Gasteiger partial charge in [-0.15, -0.1) is 11.6 Å². The first-order chi connectivity index (χ1) is 6.58. The van der Waals surface area contributed by atoms with Gasteiger partial charge >= 0.3 is 0 Å². The highest BCUT2D eigenvalue weighted by Gasteiger charge is 2.37. The first kappa shape index (κ1) is 10.8. The molecule has 82 valence electrons. The average molecular weight is 216 g/mol. The van der Waals surface area contributed by atoms with Crippen molar-refractivity contribution in [1.82, 2.24) is 4.90 Å². The zero-order valence-corrected chi connectivity index (χ0v) is 10.2. The molecule has 1 aliphatic carbocycles. The van der Waals surface area contributed by atoms with Crippen LogP contribution in [0.3, 0.4) is 0 Å². The minimum Gasteiger partial charge on any atom is -0.301 e. The molecule has 0 aromatic rings. The molecule has 1 unspecified atom stereocenters. The second kappa shape index (κ2) is 4.02. The molecule has 0 amide bonds. The predicted molar refractivity (Wildman–Crippen MR) is 61.8 cm³/mol. The summed E-state index contributed by atoms with van der Waals surface area (Å²) in [6, 6.07) is 0. The van der Waals surface area contributed by atoms with Crippen LogP contribution in [0.15, 0.2) is 0 Å². The van der Waals surface area contributed by atoms with Crippen molar-refractivity contribution in [3.8, 4) is 0 Å². The first-order valence-electron chi connectivity index (χ1n) is 5.94. The SMILES string of the molecule is CC1(C)CN(CCC2CCC2)CC1Cl. The number of likely N-dealkylation sites (tertiary alicyclic amines) is 1. The number of halogens is 1. The summed E-state index contributed by atoms with van der Waals surface area (Å²) in [6.45, 7) is 8.13. The van der Waals surface area contributed by atoms with E-state index in [1.54, 1.807) is 0 Å². The van der Waals surface area contributed by atoms with E-state index >= 15 is 0 Å². The molecule has 1 saturated heterocycles. The van der Waals surface area contributed by atoms with Crippen LogP contribution in [0.4, 0.5) is 0 Å². The molecule has 1 saturated carbocycles. The van der Waals surface area contributed by atoms with Crippen LogP contribution in [0.2, 0.25) is 0 Å². The number of alkyl halides is 1. The summed E-state index contributed by atoms with van der Waals surface area (Å²) in [5.74, 6) is 1.03. The van der Waals surface area contributed by atoms with Crippen LogP contribution in [0.1, 0.15) is 39.5 Å². The molecule has 0 bridgehead atoms. The van der Waals surface area contributed by atoms with E-state index in [4.69, 9.17) is 11.6 Å². The van der Waals surface area contributed by atoms with E-state index in [1.165, 1.54) is 38.8 Å². The van der Waals surface area contributed by atoms with Gasteiger partial charge in [-0.25, -0.2) is 0 Å². The predicted octanol–water partition coefficient (Wildman–Crippen LogP) is 3.13. The molecule has 2 fully saturated rings. The van der Waals surface area contributed by atoms with Gasteiger partial charge in [-0.1, -0.05) is 33.1 Å². The molecular weight excluding hydrogens is 194 g/mol. The Morgan fingerprint density at radius 3 is 2.50 bits per heavy atom. The molecule has 0 aromatic carbocycles. The van der Waals surface area contributed by atoms with E-state index in [0.717, 1.165) is 12.5 Å². The van der Waals surface area contributed by atoms with Crippen molar-refractivity contribution >= 4 is 11.6 Å². The Labute approximate surface area is 92.8 Å². The molecular formula is C12H22ClN. The lowest BCUT2D eigenvalue weighted by atomic mass is 9.83. The van der Waals surface area contributed by atoms with Gasteiger partial charge in [0.05, 0.1) is 5.38 Å². The van der Waals surface area contributed by atoms with Crippen LogP contribution in [-0.4, -0.2) is 29.9 Å². The first-order valence-corrected chi connectivity index (χ1v) is 6.38. The minimum absolute atomic E-state index is 0.321. The summed E-state index contributed by atoms with van der Waals surface area (Å²) in [4.78, 5) is 2.55. The Morgan fingerprint density at radius 2 is 2.07 bits per heavy atom. The second-order valence-corrected chi connectivity index (χ2v) is 6.30. The van der Waals surface area contributed by atoms with Gasteiger partial charge < -0.3 is 4.90 Å². The third-order valence-electron chi connectivity index (χ3n) is 3.98. The third-order valence-corrected chi connectivity index (χ3v) is 4.70. The van der Waals surface area contributed by atoms with E-state index in [1.807, 2.05) is 0 Å². The van der Waals surface area contributed by atoms with E-state index < -0.39 is 0 Å². The summed E-state index contributed by atoms with van der Waals surface area (Å²) in [5, 5.41) is 0.351. The van der Waals surface area contributed by atoms with Crippen LogP contribution in [-0.2, 0) is 0 Å². The molecule has 0 aromatic heterocycles. The van der Waals surface area contributed by atoms with Crippen LogP contribution in [0, 0.1) is 11.3 Å². The Balaban J connectivity index is 1.72. The summed E-state index contributed by atoms with van der Waals surface area (Å²) >= 11 is 6.32. The summed E-state index contributed by atoms with van der Waals surface area (Å²) in [7, 11) is 0. The fourth-order valence-electron chi connectivity index (χ4n) is 2.53. The maximum atomic E-state index is 6.32. The Bertz CT molecular complexity index is 198. The normalized spacial score (nSPS) is 33.2. The zero-order valence-electron chi connectivity index (χ0n) is 9.43. The van der Waals surface area contributed by atoms with Gasteiger partial charge in [0.25, 0.3) is 0 Å². The van der Waals surface area contributed by atoms with Crippen molar-refractivity contribution in [2.45, 2.75) is 44.9 Å². The fraction of sp³-hybridized carbons (Fsp3) is 1.00. The molecule has 0 N–H and O–H groups in total. The van der Waals surface area contributed by atoms with Crippen molar-refractivity contribution in [3.05, 3.63) is 0 Å². The van der Waals surface area contributed by atoms with Crippen molar-refractivity contribution in [1.29, 1.82) is 0 Å². The Kier molecular flexibility index (Phi) is 3.09. The van der Waals surface area contributed by atoms with Crippen LogP contribution in [0.5, 0.6) is 0 Å². The molecule has 0 spiro atoms. The van der Waals surface area contributed by atoms with Crippen molar-refractivity contribution in [2.24, 2.45) is 11.3 Å². The van der Waals surface area contributed by atoms with Gasteiger partial charge in [0.1, 0.15) is 0 Å². The second-order valence-electron chi connectivity index (χ2n) is 5.78. The molecule has 1 atom stereocenters. The molecule has 1 nitrogen and oxygen atoms in total. The lowest BCUT2D eigenvalue weighted by Crippen LogP contribution is -2.27. The topological polar surface area (TPSA) is 3.24 Å². The van der Waals surface area contributed by atoms with Gasteiger partial charge in [0, 0.05) is 13.1 Å². The maximum absolute atomic E-state index is 6.32. The lowest BCUT2D eigenvalue weighted by molar-refractivity contribution is 0.226. The van der Waals surface area contributed by atoms with Crippen LogP contribution in [0.25, 0.3) is 0 Å². The molecule has 2 rings (SSSR count). The standard InChI is InChI=1S/C12H22ClN/c1-12(2)9-14(8-11(12)13)7-6-10-4-3-5-10/h10-11H,3-9H2,1-2H3. The lowest BCUT2D eigenvalue weighted by Gasteiger charge is -2.28. The van der Waals surface area contributed by atoms with Crippen molar-refractivity contribution < 1.29 is 0 Å².